The smallest absolute Gasteiger partial charge is 0.328 e. The minimum absolute atomic E-state index is 0.0760. The van der Waals surface area contributed by atoms with E-state index in [4.69, 9.17) is 11.6 Å². The van der Waals surface area contributed by atoms with E-state index in [0.29, 0.717) is 12.5 Å². The number of guanidine groups is 1. The number of halogens is 2. The molecular weight excluding hydrogens is 401 g/mol. The Balaban J connectivity index is 1.70. The van der Waals surface area contributed by atoms with Crippen molar-refractivity contribution >= 4 is 29.5 Å². The molecule has 0 bridgehead atoms. The molecule has 0 aliphatic carbocycles. The highest BCUT2D eigenvalue weighted by molar-refractivity contribution is 6.31. The Morgan fingerprint density at radius 3 is 2.59 bits per heavy atom. The third-order valence-corrected chi connectivity index (χ3v) is 6.06. The molecule has 1 N–H and O–H groups in total. The molecule has 3 heterocycles. The number of fused-ring (bicyclic) bond motifs is 3. The van der Waals surface area contributed by atoms with Gasteiger partial charge in [-0.05, 0) is 26.0 Å². The molecule has 1 aromatic carbocycles. The maximum Gasteiger partial charge on any atom is 0.328 e. The number of imide groups is 1. The first kappa shape index (κ1) is 19.7. The zero-order valence-electron chi connectivity index (χ0n) is 16.3. The number of rotatable bonds is 4. The molecule has 2 atom stereocenters. The molecule has 0 saturated carbocycles. The van der Waals surface area contributed by atoms with Gasteiger partial charge < -0.3 is 14.9 Å². The van der Waals surface area contributed by atoms with Gasteiger partial charge in [-0.15, -0.1) is 0 Å². The summed E-state index contributed by atoms with van der Waals surface area (Å²) in [5, 5.41) is 9.54. The minimum Gasteiger partial charge on any atom is -0.395 e. The summed E-state index contributed by atoms with van der Waals surface area (Å²) in [6.07, 6.45) is -0.693. The fraction of sp³-hybridized carbons (Fsp3) is 0.421. The van der Waals surface area contributed by atoms with E-state index in [1.165, 1.54) is 23.1 Å². The number of urea groups is 1. The van der Waals surface area contributed by atoms with Crippen molar-refractivity contribution in [2.24, 2.45) is 4.99 Å². The second-order valence-corrected chi connectivity index (χ2v) is 7.63. The van der Waals surface area contributed by atoms with Crippen LogP contribution in [0.5, 0.6) is 0 Å². The first-order valence-electron chi connectivity index (χ1n) is 9.22. The van der Waals surface area contributed by atoms with Crippen molar-refractivity contribution in [3.63, 3.8) is 0 Å². The summed E-state index contributed by atoms with van der Waals surface area (Å²) in [6, 6.07) is 2.92. The van der Waals surface area contributed by atoms with Crippen molar-refractivity contribution < 1.29 is 19.1 Å². The van der Waals surface area contributed by atoms with Crippen LogP contribution in [-0.2, 0) is 11.3 Å². The summed E-state index contributed by atoms with van der Waals surface area (Å²) >= 11 is 6.10. The number of allylic oxidation sites excluding steroid dienone is 2. The van der Waals surface area contributed by atoms with Crippen LogP contribution in [0.2, 0.25) is 5.02 Å². The SMILES string of the molecule is CC1=C(C)N2C(=NC3C2C(=O)N(Cc2c(F)cccc2Cl)C(=O)N3C)N1CCO. The molecule has 3 aliphatic heterocycles. The molecule has 1 fully saturated rings. The number of likely N-dealkylation sites (N-methyl/N-ethyl adjacent to an activating group) is 1. The summed E-state index contributed by atoms with van der Waals surface area (Å²) in [6.45, 7) is 3.75. The molecule has 1 aromatic rings. The minimum atomic E-state index is -0.753. The third kappa shape index (κ3) is 2.79. The van der Waals surface area contributed by atoms with E-state index >= 15 is 0 Å². The summed E-state index contributed by atoms with van der Waals surface area (Å²) in [7, 11) is 1.57. The summed E-state index contributed by atoms with van der Waals surface area (Å²) in [4.78, 5) is 36.9. The fourth-order valence-corrected chi connectivity index (χ4v) is 4.26. The number of β-amino-alcohol motifs (C(OH)–C–C–N with tert-alkyl or cyclic N) is 1. The van der Waals surface area contributed by atoms with Gasteiger partial charge in [-0.2, -0.15) is 0 Å². The number of nitrogens with zero attached hydrogens (tertiary/aromatic N) is 5. The molecule has 10 heteroatoms. The van der Waals surface area contributed by atoms with Crippen LogP contribution in [0, 0.1) is 5.82 Å². The van der Waals surface area contributed by atoms with Crippen molar-refractivity contribution in [3.05, 3.63) is 46.0 Å². The highest BCUT2D eigenvalue weighted by Gasteiger charge is 2.55. The van der Waals surface area contributed by atoms with Crippen molar-refractivity contribution in [3.8, 4) is 0 Å². The molecule has 3 amide bonds. The maximum atomic E-state index is 14.3. The van der Waals surface area contributed by atoms with Gasteiger partial charge in [0.25, 0.3) is 5.91 Å². The number of carbonyl (C=O) groups excluding carboxylic acids is 2. The molecule has 1 saturated heterocycles. The number of aliphatic imine (C=N–C) groups is 1. The molecule has 0 spiro atoms. The van der Waals surface area contributed by atoms with Crippen molar-refractivity contribution in [1.82, 2.24) is 19.6 Å². The summed E-state index contributed by atoms with van der Waals surface area (Å²) < 4.78 is 14.3. The molecule has 0 aromatic heterocycles. The van der Waals surface area contributed by atoms with E-state index in [1.54, 1.807) is 11.9 Å². The Morgan fingerprint density at radius 2 is 1.93 bits per heavy atom. The van der Waals surface area contributed by atoms with Crippen LogP contribution < -0.4 is 0 Å². The molecule has 2 unspecified atom stereocenters. The van der Waals surface area contributed by atoms with Crippen molar-refractivity contribution in [2.45, 2.75) is 32.6 Å². The molecule has 0 radical (unpaired) electrons. The van der Waals surface area contributed by atoms with Gasteiger partial charge in [0, 0.05) is 35.6 Å². The molecular formula is C19H21ClFN5O3. The quantitative estimate of drug-likeness (QED) is 0.802. The van der Waals surface area contributed by atoms with Gasteiger partial charge in [-0.3, -0.25) is 14.6 Å². The number of hydrogen-bond donors (Lipinski definition) is 1. The lowest BCUT2D eigenvalue weighted by atomic mass is 10.1. The number of aliphatic hydroxyl groups is 1. The van der Waals surface area contributed by atoms with Gasteiger partial charge in [-0.25, -0.2) is 14.2 Å². The zero-order valence-corrected chi connectivity index (χ0v) is 17.0. The Kier molecular flexibility index (Phi) is 4.74. The first-order chi connectivity index (χ1) is 13.8. The summed E-state index contributed by atoms with van der Waals surface area (Å²) in [5.74, 6) is -0.509. The zero-order chi connectivity index (χ0) is 21.0. The average Bonchev–Trinajstić information content (AvgIpc) is 3.18. The van der Waals surface area contributed by atoms with Gasteiger partial charge in [0.2, 0.25) is 5.96 Å². The van der Waals surface area contributed by atoms with E-state index in [-0.39, 0.29) is 23.7 Å². The second kappa shape index (κ2) is 7.00. The van der Waals surface area contributed by atoms with Crippen LogP contribution in [0.15, 0.2) is 34.6 Å². The third-order valence-electron chi connectivity index (χ3n) is 5.71. The van der Waals surface area contributed by atoms with Gasteiger partial charge in [0.15, 0.2) is 12.2 Å². The number of benzene rings is 1. The van der Waals surface area contributed by atoms with Crippen LogP contribution >= 0.6 is 11.6 Å². The molecule has 29 heavy (non-hydrogen) atoms. The Morgan fingerprint density at radius 1 is 1.21 bits per heavy atom. The van der Waals surface area contributed by atoms with Gasteiger partial charge in [-0.1, -0.05) is 17.7 Å². The fourth-order valence-electron chi connectivity index (χ4n) is 4.04. The van der Waals surface area contributed by atoms with E-state index in [0.717, 1.165) is 16.3 Å². The van der Waals surface area contributed by atoms with Crippen molar-refractivity contribution in [2.75, 3.05) is 20.2 Å². The van der Waals surface area contributed by atoms with Crippen LogP contribution in [0.4, 0.5) is 9.18 Å². The molecule has 154 valence electrons. The topological polar surface area (TPSA) is 79.7 Å². The standard InChI is InChI=1S/C19H21ClFN5O3/c1-10-11(2)26-15-16(22-18(26)24(10)7-8-27)23(3)19(29)25(17(15)28)9-12-13(20)5-4-6-14(12)21/h4-6,15-16,27H,7-9H2,1-3H3. The first-order valence-corrected chi connectivity index (χ1v) is 9.59. The van der Waals surface area contributed by atoms with Crippen LogP contribution in [0.3, 0.4) is 0 Å². The van der Waals surface area contributed by atoms with E-state index in [2.05, 4.69) is 4.99 Å². The predicted molar refractivity (Wildman–Crippen MR) is 104 cm³/mol. The van der Waals surface area contributed by atoms with Crippen LogP contribution in [-0.4, -0.2) is 75.0 Å². The van der Waals surface area contributed by atoms with Crippen LogP contribution in [0.1, 0.15) is 19.4 Å². The monoisotopic (exact) mass is 421 g/mol. The van der Waals surface area contributed by atoms with Gasteiger partial charge in [0.05, 0.1) is 13.2 Å². The highest BCUT2D eigenvalue weighted by atomic mass is 35.5. The number of amides is 3. The number of carbonyl (C=O) groups is 2. The average molecular weight is 422 g/mol. The lowest BCUT2D eigenvalue weighted by Crippen LogP contribution is -2.64. The van der Waals surface area contributed by atoms with E-state index in [1.807, 2.05) is 18.7 Å². The normalized spacial score (nSPS) is 23.9. The maximum absolute atomic E-state index is 14.3. The summed E-state index contributed by atoms with van der Waals surface area (Å²) in [5.41, 5.74) is 1.80. The Labute approximate surface area is 172 Å². The van der Waals surface area contributed by atoms with Crippen LogP contribution in [0.25, 0.3) is 0 Å². The lowest BCUT2D eigenvalue weighted by molar-refractivity contribution is -0.137. The molecule has 4 rings (SSSR count). The predicted octanol–water partition coefficient (Wildman–Crippen LogP) is 1.80. The lowest BCUT2D eigenvalue weighted by Gasteiger charge is -2.40. The Bertz CT molecular complexity index is 945. The van der Waals surface area contributed by atoms with E-state index < -0.39 is 30.0 Å². The van der Waals surface area contributed by atoms with Gasteiger partial charge >= 0.3 is 6.03 Å². The second-order valence-electron chi connectivity index (χ2n) is 7.22. The molecule has 8 nitrogen and oxygen atoms in total. The van der Waals surface area contributed by atoms with Gasteiger partial charge in [0.1, 0.15) is 5.82 Å². The Hall–Kier alpha value is -2.65. The largest absolute Gasteiger partial charge is 0.395 e. The number of hydrogen-bond acceptors (Lipinski definition) is 6. The highest BCUT2D eigenvalue weighted by Crippen LogP contribution is 2.38. The van der Waals surface area contributed by atoms with Crippen molar-refractivity contribution in [1.29, 1.82) is 0 Å². The van der Waals surface area contributed by atoms with E-state index in [9.17, 15) is 19.1 Å². The number of aliphatic hydroxyl groups excluding tert-OH is 1. The molecule has 3 aliphatic rings.